The molecule has 0 saturated carbocycles. The van der Waals surface area contributed by atoms with Gasteiger partial charge in [-0.1, -0.05) is 0 Å². The number of carbonyl (C=O) groups is 1. The predicted octanol–water partition coefficient (Wildman–Crippen LogP) is 1.18. The molecule has 0 aliphatic carbocycles. The van der Waals surface area contributed by atoms with Crippen LogP contribution in [0.4, 0.5) is 13.2 Å². The maximum absolute atomic E-state index is 11.8. The SMILES string of the molecule is CC(C)N(CCCO)C(=O)COCC(F)(F)F. The van der Waals surface area contributed by atoms with Crippen molar-refractivity contribution in [2.24, 2.45) is 0 Å². The maximum atomic E-state index is 11.8. The molecule has 0 unspecified atom stereocenters. The highest BCUT2D eigenvalue weighted by Gasteiger charge is 2.28. The minimum Gasteiger partial charge on any atom is -0.396 e. The van der Waals surface area contributed by atoms with Crippen molar-refractivity contribution < 1.29 is 27.8 Å². The fourth-order valence-electron chi connectivity index (χ4n) is 1.25. The quantitative estimate of drug-likeness (QED) is 0.745. The number of rotatable bonds is 7. The summed E-state index contributed by atoms with van der Waals surface area (Å²) >= 11 is 0. The van der Waals surface area contributed by atoms with E-state index < -0.39 is 25.3 Å². The molecule has 0 rings (SSSR count). The van der Waals surface area contributed by atoms with Crippen LogP contribution in [0.5, 0.6) is 0 Å². The molecular weight excluding hydrogens is 239 g/mol. The van der Waals surface area contributed by atoms with Crippen molar-refractivity contribution in [1.29, 1.82) is 0 Å². The van der Waals surface area contributed by atoms with Crippen molar-refractivity contribution in [1.82, 2.24) is 4.90 Å². The molecule has 4 nitrogen and oxygen atoms in total. The number of nitrogens with zero attached hydrogens (tertiary/aromatic N) is 1. The second kappa shape index (κ2) is 7.50. The van der Waals surface area contributed by atoms with Crippen LogP contribution in [0.15, 0.2) is 0 Å². The molecule has 0 spiro atoms. The molecule has 102 valence electrons. The number of hydrogen-bond acceptors (Lipinski definition) is 3. The number of aliphatic hydroxyl groups is 1. The summed E-state index contributed by atoms with van der Waals surface area (Å²) in [5.74, 6) is -0.502. The van der Waals surface area contributed by atoms with Crippen LogP contribution in [-0.4, -0.2) is 54.5 Å². The van der Waals surface area contributed by atoms with Crippen molar-refractivity contribution in [2.75, 3.05) is 26.4 Å². The number of aliphatic hydroxyl groups excluding tert-OH is 1. The highest BCUT2D eigenvalue weighted by molar-refractivity contribution is 5.77. The Balaban J connectivity index is 4.06. The Morgan fingerprint density at radius 1 is 1.41 bits per heavy atom. The van der Waals surface area contributed by atoms with Crippen molar-refractivity contribution >= 4 is 5.91 Å². The molecule has 0 aliphatic heterocycles. The highest BCUT2D eigenvalue weighted by Crippen LogP contribution is 2.14. The van der Waals surface area contributed by atoms with Crippen LogP contribution in [-0.2, 0) is 9.53 Å². The first kappa shape index (κ1) is 16.2. The van der Waals surface area contributed by atoms with E-state index in [1.54, 1.807) is 13.8 Å². The zero-order valence-electron chi connectivity index (χ0n) is 9.96. The molecule has 0 bridgehead atoms. The van der Waals surface area contributed by atoms with Crippen molar-refractivity contribution in [3.63, 3.8) is 0 Å². The van der Waals surface area contributed by atoms with Crippen LogP contribution < -0.4 is 0 Å². The Labute approximate surface area is 98.3 Å². The van der Waals surface area contributed by atoms with Crippen molar-refractivity contribution in [2.45, 2.75) is 32.5 Å². The van der Waals surface area contributed by atoms with Crippen LogP contribution in [0.2, 0.25) is 0 Å². The van der Waals surface area contributed by atoms with E-state index in [-0.39, 0.29) is 12.6 Å². The average molecular weight is 257 g/mol. The fraction of sp³-hybridized carbons (Fsp3) is 0.900. The first-order chi connectivity index (χ1) is 7.78. The van der Waals surface area contributed by atoms with Gasteiger partial charge in [-0.25, -0.2) is 0 Å². The first-order valence-corrected chi connectivity index (χ1v) is 5.32. The third kappa shape index (κ3) is 7.98. The topological polar surface area (TPSA) is 49.8 Å². The largest absolute Gasteiger partial charge is 0.411 e. The van der Waals surface area contributed by atoms with Crippen LogP contribution in [0.25, 0.3) is 0 Å². The summed E-state index contributed by atoms with van der Waals surface area (Å²) in [6, 6.07) is -0.136. The van der Waals surface area contributed by atoms with Gasteiger partial charge in [-0.15, -0.1) is 0 Å². The third-order valence-corrected chi connectivity index (χ3v) is 1.99. The first-order valence-electron chi connectivity index (χ1n) is 5.32. The minimum absolute atomic E-state index is 0.0695. The molecule has 0 aromatic rings. The van der Waals surface area contributed by atoms with E-state index in [2.05, 4.69) is 4.74 Å². The number of amides is 1. The molecule has 7 heteroatoms. The Kier molecular flexibility index (Phi) is 7.13. The molecular formula is C10H18F3NO3. The number of carbonyl (C=O) groups excluding carboxylic acids is 1. The molecule has 17 heavy (non-hydrogen) atoms. The number of halogens is 3. The molecule has 0 aromatic carbocycles. The van der Waals surface area contributed by atoms with Crippen LogP contribution in [0.1, 0.15) is 20.3 Å². The molecule has 0 atom stereocenters. The zero-order valence-corrected chi connectivity index (χ0v) is 9.96. The van der Waals surface area contributed by atoms with Crippen molar-refractivity contribution in [3.8, 4) is 0 Å². The fourth-order valence-corrected chi connectivity index (χ4v) is 1.25. The van der Waals surface area contributed by atoms with E-state index in [1.165, 1.54) is 4.90 Å². The van der Waals surface area contributed by atoms with Gasteiger partial charge in [0.25, 0.3) is 0 Å². The number of alkyl halides is 3. The van der Waals surface area contributed by atoms with Gasteiger partial charge in [0, 0.05) is 19.2 Å². The number of hydrogen-bond donors (Lipinski definition) is 1. The summed E-state index contributed by atoms with van der Waals surface area (Å²) in [7, 11) is 0. The Hall–Kier alpha value is -0.820. The van der Waals surface area contributed by atoms with E-state index in [9.17, 15) is 18.0 Å². The lowest BCUT2D eigenvalue weighted by Gasteiger charge is -2.26. The van der Waals surface area contributed by atoms with Gasteiger partial charge < -0.3 is 14.7 Å². The Bertz CT molecular complexity index is 231. The molecule has 0 radical (unpaired) electrons. The van der Waals surface area contributed by atoms with E-state index in [1.807, 2.05) is 0 Å². The summed E-state index contributed by atoms with van der Waals surface area (Å²) in [4.78, 5) is 12.9. The Morgan fingerprint density at radius 2 is 2.00 bits per heavy atom. The lowest BCUT2D eigenvalue weighted by Crippen LogP contribution is -2.40. The van der Waals surface area contributed by atoms with Crippen LogP contribution in [0, 0.1) is 0 Å². The van der Waals surface area contributed by atoms with Gasteiger partial charge in [-0.05, 0) is 20.3 Å². The molecule has 1 amide bonds. The third-order valence-electron chi connectivity index (χ3n) is 1.99. The molecule has 0 aromatic heterocycles. The molecule has 0 saturated heterocycles. The smallest absolute Gasteiger partial charge is 0.396 e. The van der Waals surface area contributed by atoms with Crippen LogP contribution >= 0.6 is 0 Å². The van der Waals surface area contributed by atoms with E-state index >= 15 is 0 Å². The van der Waals surface area contributed by atoms with Gasteiger partial charge in [0.2, 0.25) is 5.91 Å². The van der Waals surface area contributed by atoms with Gasteiger partial charge in [-0.3, -0.25) is 4.79 Å². The monoisotopic (exact) mass is 257 g/mol. The predicted molar refractivity (Wildman–Crippen MR) is 55.4 cm³/mol. The summed E-state index contributed by atoms with van der Waals surface area (Å²) in [6.07, 6.45) is -4.03. The summed E-state index contributed by atoms with van der Waals surface area (Å²) in [5.41, 5.74) is 0. The van der Waals surface area contributed by atoms with Crippen LogP contribution in [0.3, 0.4) is 0 Å². The van der Waals surface area contributed by atoms with Gasteiger partial charge in [0.1, 0.15) is 13.2 Å². The zero-order chi connectivity index (χ0) is 13.5. The molecule has 0 aliphatic rings. The minimum atomic E-state index is -4.42. The maximum Gasteiger partial charge on any atom is 0.411 e. The molecule has 0 fully saturated rings. The summed E-state index contributed by atoms with van der Waals surface area (Å²) in [5, 5.41) is 8.64. The molecule has 1 N–H and O–H groups in total. The van der Waals surface area contributed by atoms with Crippen molar-refractivity contribution in [3.05, 3.63) is 0 Å². The lowest BCUT2D eigenvalue weighted by atomic mass is 10.3. The summed E-state index contributed by atoms with van der Waals surface area (Å²) in [6.45, 7) is 1.72. The van der Waals surface area contributed by atoms with E-state index in [0.717, 1.165) is 0 Å². The normalized spacial score (nSPS) is 11.9. The second-order valence-corrected chi connectivity index (χ2v) is 3.87. The second-order valence-electron chi connectivity index (χ2n) is 3.87. The van der Waals surface area contributed by atoms with Gasteiger partial charge in [0.15, 0.2) is 0 Å². The Morgan fingerprint density at radius 3 is 2.41 bits per heavy atom. The van der Waals surface area contributed by atoms with E-state index in [4.69, 9.17) is 5.11 Å². The van der Waals surface area contributed by atoms with Gasteiger partial charge in [0.05, 0.1) is 0 Å². The molecule has 0 heterocycles. The average Bonchev–Trinajstić information content (AvgIpc) is 2.15. The van der Waals surface area contributed by atoms with Gasteiger partial charge >= 0.3 is 6.18 Å². The van der Waals surface area contributed by atoms with Gasteiger partial charge in [-0.2, -0.15) is 13.2 Å². The van der Waals surface area contributed by atoms with E-state index in [0.29, 0.717) is 13.0 Å². The number of ether oxygens (including phenoxy) is 1. The summed E-state index contributed by atoms with van der Waals surface area (Å²) < 4.78 is 39.6. The highest BCUT2D eigenvalue weighted by atomic mass is 19.4. The standard InChI is InChI=1S/C10H18F3NO3/c1-8(2)14(4-3-5-15)9(16)6-17-7-10(11,12)13/h8,15H,3-7H2,1-2H3. The lowest BCUT2D eigenvalue weighted by molar-refractivity contribution is -0.178.